The van der Waals surface area contributed by atoms with Crippen LogP contribution in [0.4, 0.5) is 5.13 Å². The highest BCUT2D eigenvalue weighted by atomic mass is 32.1. The molecule has 0 saturated heterocycles. The van der Waals surface area contributed by atoms with Crippen molar-refractivity contribution < 1.29 is 9.90 Å². The second-order valence-corrected chi connectivity index (χ2v) is 5.49. The summed E-state index contributed by atoms with van der Waals surface area (Å²) in [5.74, 6) is 0.206. The van der Waals surface area contributed by atoms with Gasteiger partial charge in [-0.1, -0.05) is 19.9 Å². The molecule has 0 spiro atoms. The van der Waals surface area contributed by atoms with E-state index in [4.69, 9.17) is 0 Å². The van der Waals surface area contributed by atoms with Crippen LogP contribution in [0, 0.1) is 6.92 Å². The van der Waals surface area contributed by atoms with E-state index >= 15 is 0 Å². The Bertz CT molecular complexity index is 605. The first-order valence-electron chi connectivity index (χ1n) is 6.04. The van der Waals surface area contributed by atoms with Gasteiger partial charge in [-0.2, -0.15) is 0 Å². The van der Waals surface area contributed by atoms with Crippen molar-refractivity contribution in [3.8, 4) is 5.75 Å². The smallest absolute Gasteiger partial charge is 0.257 e. The van der Waals surface area contributed by atoms with E-state index in [0.717, 1.165) is 5.69 Å². The molecule has 5 heteroatoms. The predicted molar refractivity (Wildman–Crippen MR) is 77.0 cm³/mol. The van der Waals surface area contributed by atoms with E-state index in [0.29, 0.717) is 22.2 Å². The van der Waals surface area contributed by atoms with Crippen LogP contribution >= 0.6 is 11.3 Å². The maximum atomic E-state index is 12.1. The largest absolute Gasteiger partial charge is 0.508 e. The average Bonchev–Trinajstić information content (AvgIpc) is 2.81. The Morgan fingerprint density at radius 2 is 2.16 bits per heavy atom. The van der Waals surface area contributed by atoms with Gasteiger partial charge in [-0.05, 0) is 25.0 Å². The van der Waals surface area contributed by atoms with Crippen LogP contribution in [0.25, 0.3) is 0 Å². The highest BCUT2D eigenvalue weighted by Gasteiger charge is 2.13. The van der Waals surface area contributed by atoms with Gasteiger partial charge in [-0.25, -0.2) is 4.98 Å². The molecule has 0 fully saturated rings. The summed E-state index contributed by atoms with van der Waals surface area (Å²) in [6.45, 7) is 5.83. The van der Waals surface area contributed by atoms with Crippen LogP contribution in [0.3, 0.4) is 0 Å². The molecular weight excluding hydrogens is 260 g/mol. The molecule has 0 atom stereocenters. The number of thiazole rings is 1. The monoisotopic (exact) mass is 276 g/mol. The number of hydrogen-bond donors (Lipinski definition) is 2. The molecular formula is C14H16N2O2S. The van der Waals surface area contributed by atoms with Gasteiger partial charge in [0, 0.05) is 16.5 Å². The Morgan fingerprint density at radius 3 is 2.79 bits per heavy atom. The molecule has 0 unspecified atom stereocenters. The van der Waals surface area contributed by atoms with Gasteiger partial charge in [0.05, 0.1) is 5.69 Å². The van der Waals surface area contributed by atoms with E-state index in [1.54, 1.807) is 25.1 Å². The van der Waals surface area contributed by atoms with Gasteiger partial charge in [0.2, 0.25) is 0 Å². The maximum absolute atomic E-state index is 12.1. The van der Waals surface area contributed by atoms with Crippen LogP contribution in [0.15, 0.2) is 23.6 Å². The Morgan fingerprint density at radius 1 is 1.42 bits per heavy atom. The number of phenols is 1. The fraction of sp³-hybridized carbons (Fsp3) is 0.286. The predicted octanol–water partition coefficient (Wildman–Crippen LogP) is 3.53. The minimum atomic E-state index is -0.252. The quantitative estimate of drug-likeness (QED) is 0.901. The van der Waals surface area contributed by atoms with E-state index in [1.807, 2.05) is 5.38 Å². The molecule has 2 N–H and O–H groups in total. The molecule has 2 rings (SSSR count). The van der Waals surface area contributed by atoms with Gasteiger partial charge in [-0.3, -0.25) is 10.1 Å². The minimum Gasteiger partial charge on any atom is -0.508 e. The lowest BCUT2D eigenvalue weighted by atomic mass is 10.1. The second-order valence-electron chi connectivity index (χ2n) is 4.64. The van der Waals surface area contributed by atoms with Crippen molar-refractivity contribution in [1.82, 2.24) is 4.98 Å². The molecule has 0 aliphatic carbocycles. The number of rotatable bonds is 3. The van der Waals surface area contributed by atoms with Gasteiger partial charge >= 0.3 is 0 Å². The zero-order valence-electron chi connectivity index (χ0n) is 11.1. The van der Waals surface area contributed by atoms with Crippen LogP contribution in [-0.4, -0.2) is 16.0 Å². The molecule has 19 heavy (non-hydrogen) atoms. The number of nitrogens with one attached hydrogen (secondary N) is 1. The molecule has 1 aromatic heterocycles. The molecule has 1 heterocycles. The Hall–Kier alpha value is -1.88. The van der Waals surface area contributed by atoms with E-state index in [9.17, 15) is 9.90 Å². The summed E-state index contributed by atoms with van der Waals surface area (Å²) in [7, 11) is 0. The lowest BCUT2D eigenvalue weighted by molar-refractivity contribution is 0.102. The summed E-state index contributed by atoms with van der Waals surface area (Å²) in [5.41, 5.74) is 2.00. The van der Waals surface area contributed by atoms with Crippen molar-refractivity contribution in [2.75, 3.05) is 5.32 Å². The molecule has 0 aliphatic heterocycles. The Labute approximate surface area is 116 Å². The zero-order chi connectivity index (χ0) is 14.0. The molecule has 0 saturated carbocycles. The van der Waals surface area contributed by atoms with Crippen LogP contribution in [0.1, 0.15) is 41.4 Å². The fourth-order valence-electron chi connectivity index (χ4n) is 1.64. The van der Waals surface area contributed by atoms with Gasteiger partial charge in [0.25, 0.3) is 5.91 Å². The van der Waals surface area contributed by atoms with Crippen molar-refractivity contribution in [2.24, 2.45) is 0 Å². The topological polar surface area (TPSA) is 62.2 Å². The number of aromatic hydroxyl groups is 1. The first-order chi connectivity index (χ1) is 8.99. The highest BCUT2D eigenvalue weighted by Crippen LogP contribution is 2.24. The summed E-state index contributed by atoms with van der Waals surface area (Å²) in [6.07, 6.45) is 0. The van der Waals surface area contributed by atoms with Crippen LogP contribution in [0.2, 0.25) is 0 Å². The molecule has 0 bridgehead atoms. The Balaban J connectivity index is 2.18. The summed E-state index contributed by atoms with van der Waals surface area (Å²) in [5, 5.41) is 14.9. The summed E-state index contributed by atoms with van der Waals surface area (Å²) < 4.78 is 0. The first kappa shape index (κ1) is 13.5. The maximum Gasteiger partial charge on any atom is 0.257 e. The van der Waals surface area contributed by atoms with Crippen molar-refractivity contribution in [3.63, 3.8) is 0 Å². The molecule has 100 valence electrons. The van der Waals surface area contributed by atoms with Crippen molar-refractivity contribution in [3.05, 3.63) is 40.4 Å². The SMILES string of the molecule is Cc1c(O)cccc1C(=O)Nc1nc(C(C)C)cs1. The Kier molecular flexibility index (Phi) is 3.85. The van der Waals surface area contributed by atoms with E-state index < -0.39 is 0 Å². The molecule has 1 aromatic carbocycles. The number of aromatic nitrogens is 1. The molecule has 4 nitrogen and oxygen atoms in total. The van der Waals surface area contributed by atoms with Crippen LogP contribution in [-0.2, 0) is 0 Å². The standard InChI is InChI=1S/C14H16N2O2S/c1-8(2)11-7-19-14(15-11)16-13(18)10-5-4-6-12(17)9(10)3/h4-8,17H,1-3H3,(H,15,16,18). The van der Waals surface area contributed by atoms with Gasteiger partial charge in [-0.15, -0.1) is 11.3 Å². The van der Waals surface area contributed by atoms with Gasteiger partial charge in [0.15, 0.2) is 5.13 Å². The zero-order valence-corrected chi connectivity index (χ0v) is 11.9. The number of hydrogen-bond acceptors (Lipinski definition) is 4. The van der Waals surface area contributed by atoms with E-state index in [-0.39, 0.29) is 11.7 Å². The van der Waals surface area contributed by atoms with Crippen molar-refractivity contribution >= 4 is 22.4 Å². The number of anilines is 1. The average molecular weight is 276 g/mol. The molecule has 0 aliphatic rings. The summed E-state index contributed by atoms with van der Waals surface area (Å²) in [6, 6.07) is 4.90. The number of phenolic OH excluding ortho intramolecular Hbond substituents is 1. The normalized spacial score (nSPS) is 10.7. The van der Waals surface area contributed by atoms with E-state index in [1.165, 1.54) is 11.3 Å². The summed E-state index contributed by atoms with van der Waals surface area (Å²) >= 11 is 1.41. The van der Waals surface area contributed by atoms with Gasteiger partial charge in [0.1, 0.15) is 5.75 Å². The van der Waals surface area contributed by atoms with Crippen LogP contribution in [0.5, 0.6) is 5.75 Å². The third kappa shape index (κ3) is 2.93. The lowest BCUT2D eigenvalue weighted by Crippen LogP contribution is -2.13. The third-order valence-electron chi connectivity index (χ3n) is 2.88. The fourth-order valence-corrected chi connectivity index (χ4v) is 2.51. The highest BCUT2D eigenvalue weighted by molar-refractivity contribution is 7.14. The second kappa shape index (κ2) is 5.40. The molecule has 0 radical (unpaired) electrons. The first-order valence-corrected chi connectivity index (χ1v) is 6.92. The van der Waals surface area contributed by atoms with Crippen molar-refractivity contribution in [1.29, 1.82) is 0 Å². The number of nitrogens with zero attached hydrogens (tertiary/aromatic N) is 1. The minimum absolute atomic E-state index is 0.120. The number of amides is 1. The third-order valence-corrected chi connectivity index (χ3v) is 3.66. The number of benzene rings is 1. The van der Waals surface area contributed by atoms with Crippen molar-refractivity contribution in [2.45, 2.75) is 26.7 Å². The van der Waals surface area contributed by atoms with Crippen LogP contribution < -0.4 is 5.32 Å². The molecule has 1 amide bonds. The summed E-state index contributed by atoms with van der Waals surface area (Å²) in [4.78, 5) is 16.5. The molecule has 2 aromatic rings. The van der Waals surface area contributed by atoms with Gasteiger partial charge < -0.3 is 5.11 Å². The van der Waals surface area contributed by atoms with E-state index in [2.05, 4.69) is 24.1 Å². The lowest BCUT2D eigenvalue weighted by Gasteiger charge is -2.06. The number of carbonyl (C=O) groups is 1. The number of carbonyl (C=O) groups excluding carboxylic acids is 1.